The van der Waals surface area contributed by atoms with Crippen LogP contribution in [0.3, 0.4) is 0 Å². The second kappa shape index (κ2) is 7.71. The SMILES string of the molecule is COc1ccccc1C(=O)N1N=C2/C(=C/c3ccco3)CCC[C@@H]2[C@@H]1c1ccco1. The third-order valence-corrected chi connectivity index (χ3v) is 5.74. The lowest BCUT2D eigenvalue weighted by molar-refractivity contribution is 0.0653. The Balaban J connectivity index is 1.59. The molecule has 1 saturated carbocycles. The van der Waals surface area contributed by atoms with Gasteiger partial charge in [0.2, 0.25) is 0 Å². The van der Waals surface area contributed by atoms with Gasteiger partial charge in [0.15, 0.2) is 0 Å². The minimum atomic E-state index is -0.285. The fraction of sp³-hybridized carbons (Fsp3) is 0.250. The lowest BCUT2D eigenvalue weighted by Crippen LogP contribution is -2.31. The van der Waals surface area contributed by atoms with Gasteiger partial charge in [0.25, 0.3) is 5.91 Å². The molecular weight excluding hydrogens is 380 g/mol. The Hall–Kier alpha value is -3.54. The molecule has 6 nitrogen and oxygen atoms in total. The zero-order valence-electron chi connectivity index (χ0n) is 16.7. The van der Waals surface area contributed by atoms with Crippen LogP contribution in [0, 0.1) is 5.92 Å². The first-order chi connectivity index (χ1) is 14.8. The van der Waals surface area contributed by atoms with E-state index in [1.54, 1.807) is 36.8 Å². The van der Waals surface area contributed by atoms with Crippen LogP contribution in [0.2, 0.25) is 0 Å². The molecule has 3 aromatic rings. The van der Waals surface area contributed by atoms with Crippen LogP contribution >= 0.6 is 0 Å². The Bertz CT molecular complexity index is 1100. The molecule has 0 saturated heterocycles. The second-order valence-corrected chi connectivity index (χ2v) is 7.48. The standard InChI is InChI=1S/C24H22N2O4/c1-28-20-11-3-2-9-18(20)24(27)26-23(21-12-6-14-30-21)19-10-4-7-16(22(19)25-26)15-17-8-5-13-29-17/h2-3,5-6,8-9,11-15,19,23H,4,7,10H2,1H3/b16-15+/t19-,23+/m0/s1. The van der Waals surface area contributed by atoms with Gasteiger partial charge in [-0.1, -0.05) is 12.1 Å². The molecular formula is C24H22N2O4. The van der Waals surface area contributed by atoms with Crippen LogP contribution in [0.25, 0.3) is 6.08 Å². The number of nitrogens with zero attached hydrogens (tertiary/aromatic N) is 2. The first kappa shape index (κ1) is 18.5. The molecule has 3 heterocycles. The van der Waals surface area contributed by atoms with E-state index in [0.29, 0.717) is 11.3 Å². The number of benzene rings is 1. The molecule has 2 aliphatic rings. The van der Waals surface area contributed by atoms with Crippen molar-refractivity contribution in [3.63, 3.8) is 0 Å². The molecule has 5 rings (SSSR count). The van der Waals surface area contributed by atoms with Crippen LogP contribution in [0.15, 0.2) is 80.6 Å². The molecule has 0 spiro atoms. The predicted molar refractivity (Wildman–Crippen MR) is 112 cm³/mol. The number of hydrogen-bond donors (Lipinski definition) is 0. The van der Waals surface area contributed by atoms with Gasteiger partial charge in [-0.3, -0.25) is 4.79 Å². The molecule has 2 aromatic heterocycles. The van der Waals surface area contributed by atoms with Gasteiger partial charge in [-0.15, -0.1) is 0 Å². The average molecular weight is 402 g/mol. The van der Waals surface area contributed by atoms with Crippen molar-refractivity contribution in [1.82, 2.24) is 5.01 Å². The highest BCUT2D eigenvalue weighted by Crippen LogP contribution is 2.45. The van der Waals surface area contributed by atoms with Crippen molar-refractivity contribution in [2.45, 2.75) is 25.3 Å². The first-order valence-corrected chi connectivity index (χ1v) is 10.1. The number of carbonyl (C=O) groups excluding carboxylic acids is 1. The topological polar surface area (TPSA) is 68.2 Å². The third kappa shape index (κ3) is 3.14. The van der Waals surface area contributed by atoms with E-state index < -0.39 is 0 Å². The quantitative estimate of drug-likeness (QED) is 0.592. The summed E-state index contributed by atoms with van der Waals surface area (Å²) >= 11 is 0. The molecule has 152 valence electrons. The Kier molecular flexibility index (Phi) is 4.75. The van der Waals surface area contributed by atoms with Crippen molar-refractivity contribution < 1.29 is 18.4 Å². The largest absolute Gasteiger partial charge is 0.496 e. The normalized spacial score (nSPS) is 22.1. The molecule has 1 fully saturated rings. The summed E-state index contributed by atoms with van der Waals surface area (Å²) in [6, 6.07) is 14.5. The summed E-state index contributed by atoms with van der Waals surface area (Å²) < 4.78 is 16.7. The number of hydrazone groups is 1. The Morgan fingerprint density at radius 2 is 1.97 bits per heavy atom. The molecule has 0 radical (unpaired) electrons. The minimum absolute atomic E-state index is 0.0739. The van der Waals surface area contributed by atoms with E-state index in [1.807, 2.05) is 42.5 Å². The van der Waals surface area contributed by atoms with Crippen LogP contribution in [0.5, 0.6) is 5.75 Å². The zero-order valence-corrected chi connectivity index (χ0v) is 16.7. The lowest BCUT2D eigenvalue weighted by atomic mass is 9.79. The zero-order chi connectivity index (χ0) is 20.5. The molecule has 2 atom stereocenters. The monoisotopic (exact) mass is 402 g/mol. The Morgan fingerprint density at radius 3 is 2.73 bits per heavy atom. The van der Waals surface area contributed by atoms with Crippen molar-refractivity contribution >= 4 is 17.7 Å². The number of amides is 1. The van der Waals surface area contributed by atoms with Gasteiger partial charge in [-0.05, 0) is 67.3 Å². The third-order valence-electron chi connectivity index (χ3n) is 5.74. The summed E-state index contributed by atoms with van der Waals surface area (Å²) in [4.78, 5) is 13.6. The number of rotatable bonds is 4. The van der Waals surface area contributed by atoms with Crippen LogP contribution in [0.1, 0.15) is 47.2 Å². The number of allylic oxidation sites excluding steroid dienone is 1. The number of para-hydroxylation sites is 1. The van der Waals surface area contributed by atoms with Gasteiger partial charge in [-0.25, -0.2) is 5.01 Å². The van der Waals surface area contributed by atoms with E-state index in [1.165, 1.54) is 0 Å². The van der Waals surface area contributed by atoms with Crippen molar-refractivity contribution in [2.75, 3.05) is 7.11 Å². The van der Waals surface area contributed by atoms with Crippen LogP contribution < -0.4 is 4.74 Å². The summed E-state index contributed by atoms with van der Waals surface area (Å²) in [7, 11) is 1.57. The second-order valence-electron chi connectivity index (χ2n) is 7.48. The van der Waals surface area contributed by atoms with Crippen molar-refractivity contribution in [1.29, 1.82) is 0 Å². The fourth-order valence-corrected chi connectivity index (χ4v) is 4.40. The number of furan rings is 2. The maximum Gasteiger partial charge on any atom is 0.278 e. The highest BCUT2D eigenvalue weighted by Gasteiger charge is 2.45. The highest BCUT2D eigenvalue weighted by atomic mass is 16.5. The number of carbonyl (C=O) groups is 1. The van der Waals surface area contributed by atoms with E-state index in [4.69, 9.17) is 18.7 Å². The number of methoxy groups -OCH3 is 1. The Morgan fingerprint density at radius 1 is 1.13 bits per heavy atom. The van der Waals surface area contributed by atoms with Crippen LogP contribution in [0.4, 0.5) is 0 Å². The molecule has 0 N–H and O–H groups in total. The van der Waals surface area contributed by atoms with Gasteiger partial charge in [0, 0.05) is 5.92 Å². The lowest BCUT2D eigenvalue weighted by Gasteiger charge is -2.28. The maximum absolute atomic E-state index is 13.6. The summed E-state index contributed by atoms with van der Waals surface area (Å²) in [6.07, 6.45) is 8.19. The fourth-order valence-electron chi connectivity index (χ4n) is 4.40. The van der Waals surface area contributed by atoms with E-state index in [2.05, 4.69) is 0 Å². The van der Waals surface area contributed by atoms with Crippen LogP contribution in [-0.2, 0) is 0 Å². The summed E-state index contributed by atoms with van der Waals surface area (Å²) in [5.74, 6) is 1.93. The molecule has 1 aliphatic carbocycles. The summed E-state index contributed by atoms with van der Waals surface area (Å²) in [6.45, 7) is 0. The molecule has 30 heavy (non-hydrogen) atoms. The van der Waals surface area contributed by atoms with E-state index in [-0.39, 0.29) is 17.9 Å². The number of hydrogen-bond acceptors (Lipinski definition) is 5. The predicted octanol–water partition coefficient (Wildman–Crippen LogP) is 5.32. The van der Waals surface area contributed by atoms with E-state index in [9.17, 15) is 4.79 Å². The molecule has 1 aliphatic heterocycles. The highest BCUT2D eigenvalue weighted by molar-refractivity contribution is 6.09. The molecule has 1 amide bonds. The number of ether oxygens (including phenoxy) is 1. The van der Waals surface area contributed by atoms with Crippen LogP contribution in [-0.4, -0.2) is 23.7 Å². The van der Waals surface area contributed by atoms with Gasteiger partial charge in [-0.2, -0.15) is 5.10 Å². The van der Waals surface area contributed by atoms with Crippen molar-refractivity contribution in [3.05, 3.63) is 83.7 Å². The van der Waals surface area contributed by atoms with E-state index >= 15 is 0 Å². The molecule has 6 heteroatoms. The summed E-state index contributed by atoms with van der Waals surface area (Å²) in [5.41, 5.74) is 2.52. The van der Waals surface area contributed by atoms with Crippen molar-refractivity contribution in [3.8, 4) is 5.75 Å². The smallest absolute Gasteiger partial charge is 0.278 e. The van der Waals surface area contributed by atoms with Gasteiger partial charge < -0.3 is 13.6 Å². The Labute approximate surface area is 174 Å². The molecule has 1 aromatic carbocycles. The maximum atomic E-state index is 13.6. The average Bonchev–Trinajstić information content (AvgIpc) is 3.53. The molecule has 0 bridgehead atoms. The summed E-state index contributed by atoms with van der Waals surface area (Å²) in [5, 5.41) is 6.40. The van der Waals surface area contributed by atoms with Gasteiger partial charge >= 0.3 is 0 Å². The minimum Gasteiger partial charge on any atom is -0.496 e. The number of fused-ring (bicyclic) bond motifs is 1. The van der Waals surface area contributed by atoms with Gasteiger partial charge in [0.05, 0.1) is 30.9 Å². The first-order valence-electron chi connectivity index (χ1n) is 10.1. The van der Waals surface area contributed by atoms with E-state index in [0.717, 1.165) is 42.1 Å². The molecule has 0 unspecified atom stereocenters. The van der Waals surface area contributed by atoms with Crippen molar-refractivity contribution in [2.24, 2.45) is 11.0 Å². The van der Waals surface area contributed by atoms with Gasteiger partial charge in [0.1, 0.15) is 23.3 Å².